The molecule has 1 saturated carbocycles. The van der Waals surface area contributed by atoms with Gasteiger partial charge in [0, 0.05) is 18.7 Å². The van der Waals surface area contributed by atoms with Crippen molar-refractivity contribution in [1.29, 1.82) is 0 Å². The van der Waals surface area contributed by atoms with E-state index in [4.69, 9.17) is 0 Å². The molecule has 2 rings (SSSR count). The number of halogens is 2. The molecule has 22 heavy (non-hydrogen) atoms. The summed E-state index contributed by atoms with van der Waals surface area (Å²) in [6.07, 6.45) is 1.83. The Hall–Kier alpha value is -1.53. The first kappa shape index (κ1) is 16.8. The summed E-state index contributed by atoms with van der Waals surface area (Å²) in [5.74, 6) is -1.05. The highest BCUT2D eigenvalue weighted by molar-refractivity contribution is 5.77. The summed E-state index contributed by atoms with van der Waals surface area (Å²) in [6, 6.07) is 3.72. The Morgan fingerprint density at radius 3 is 2.64 bits per heavy atom. The Morgan fingerprint density at radius 1 is 1.41 bits per heavy atom. The maximum atomic E-state index is 13.4. The van der Waals surface area contributed by atoms with Crippen molar-refractivity contribution in [3.05, 3.63) is 35.4 Å². The van der Waals surface area contributed by atoms with Gasteiger partial charge < -0.3 is 10.4 Å². The zero-order chi connectivity index (χ0) is 16.1. The van der Waals surface area contributed by atoms with Crippen LogP contribution < -0.4 is 5.32 Å². The van der Waals surface area contributed by atoms with Crippen LogP contribution in [0.3, 0.4) is 0 Å². The Labute approximate surface area is 129 Å². The summed E-state index contributed by atoms with van der Waals surface area (Å²) < 4.78 is 26.8. The van der Waals surface area contributed by atoms with Gasteiger partial charge in [-0.2, -0.15) is 0 Å². The zero-order valence-electron chi connectivity index (χ0n) is 12.7. The smallest absolute Gasteiger partial charge is 0.234 e. The molecule has 0 saturated heterocycles. The zero-order valence-corrected chi connectivity index (χ0v) is 12.7. The third-order valence-corrected chi connectivity index (χ3v) is 3.84. The normalized spacial score (nSPS) is 15.9. The van der Waals surface area contributed by atoms with Crippen molar-refractivity contribution in [2.24, 2.45) is 5.92 Å². The van der Waals surface area contributed by atoms with Crippen LogP contribution in [0.1, 0.15) is 18.4 Å². The summed E-state index contributed by atoms with van der Waals surface area (Å²) in [5.41, 5.74) is -0.0136. The number of carbonyl (C=O) groups is 1. The molecule has 1 atom stereocenters. The highest BCUT2D eigenvalue weighted by Gasteiger charge is 2.30. The van der Waals surface area contributed by atoms with Gasteiger partial charge in [0.15, 0.2) is 0 Å². The number of aliphatic hydroxyl groups excluding tert-OH is 1. The number of benzene rings is 1. The van der Waals surface area contributed by atoms with E-state index in [2.05, 4.69) is 5.32 Å². The minimum atomic E-state index is -0.598. The summed E-state index contributed by atoms with van der Waals surface area (Å²) in [6.45, 7) is 0.791. The third-order valence-electron chi connectivity index (χ3n) is 3.84. The fourth-order valence-corrected chi connectivity index (χ4v) is 2.41. The lowest BCUT2D eigenvalue weighted by molar-refractivity contribution is -0.122. The first-order chi connectivity index (χ1) is 10.5. The predicted molar refractivity (Wildman–Crippen MR) is 79.3 cm³/mol. The molecule has 1 amide bonds. The number of hydrogen-bond acceptors (Lipinski definition) is 3. The lowest BCUT2D eigenvalue weighted by Crippen LogP contribution is -2.39. The number of aliphatic hydroxyl groups is 1. The molecule has 122 valence electrons. The first-order valence-electron chi connectivity index (χ1n) is 7.53. The number of amides is 1. The number of likely N-dealkylation sites (N-methyl/N-ethyl adjacent to an activating group) is 1. The second kappa shape index (κ2) is 7.65. The van der Waals surface area contributed by atoms with Gasteiger partial charge >= 0.3 is 0 Å². The van der Waals surface area contributed by atoms with E-state index in [9.17, 15) is 18.7 Å². The van der Waals surface area contributed by atoms with E-state index in [0.29, 0.717) is 12.5 Å². The first-order valence-corrected chi connectivity index (χ1v) is 7.53. The summed E-state index contributed by atoms with van der Waals surface area (Å²) in [4.78, 5) is 13.5. The summed E-state index contributed by atoms with van der Waals surface area (Å²) in [5, 5.41) is 12.4. The van der Waals surface area contributed by atoms with Gasteiger partial charge in [0.05, 0.1) is 12.6 Å². The van der Waals surface area contributed by atoms with Gasteiger partial charge in [0.1, 0.15) is 11.6 Å². The number of nitrogens with zero attached hydrogens (tertiary/aromatic N) is 1. The molecular weight excluding hydrogens is 290 g/mol. The van der Waals surface area contributed by atoms with Gasteiger partial charge in [-0.1, -0.05) is 6.07 Å². The second-order valence-electron chi connectivity index (χ2n) is 5.90. The van der Waals surface area contributed by atoms with Crippen molar-refractivity contribution in [1.82, 2.24) is 10.2 Å². The second-order valence-corrected chi connectivity index (χ2v) is 5.90. The highest BCUT2D eigenvalue weighted by atomic mass is 19.1. The Kier molecular flexibility index (Phi) is 5.85. The van der Waals surface area contributed by atoms with E-state index in [1.54, 1.807) is 11.9 Å². The van der Waals surface area contributed by atoms with Crippen molar-refractivity contribution in [3.8, 4) is 0 Å². The minimum absolute atomic E-state index is 0.0136. The molecule has 1 aliphatic carbocycles. The van der Waals surface area contributed by atoms with Crippen LogP contribution in [0, 0.1) is 17.6 Å². The quantitative estimate of drug-likeness (QED) is 0.761. The number of carbonyl (C=O) groups excluding carboxylic acids is 1. The van der Waals surface area contributed by atoms with E-state index in [1.807, 2.05) is 0 Å². The van der Waals surface area contributed by atoms with Crippen molar-refractivity contribution >= 4 is 5.91 Å². The molecular formula is C16H22F2N2O2. The van der Waals surface area contributed by atoms with Gasteiger partial charge in [-0.3, -0.25) is 9.69 Å². The van der Waals surface area contributed by atoms with Crippen LogP contribution in [0.25, 0.3) is 0 Å². The molecule has 1 aliphatic rings. The molecule has 0 aliphatic heterocycles. The van der Waals surface area contributed by atoms with Gasteiger partial charge in [0.2, 0.25) is 5.91 Å². The van der Waals surface area contributed by atoms with E-state index in [-0.39, 0.29) is 37.1 Å². The van der Waals surface area contributed by atoms with E-state index in [0.717, 1.165) is 12.8 Å². The van der Waals surface area contributed by atoms with Crippen LogP contribution in [-0.2, 0) is 11.2 Å². The van der Waals surface area contributed by atoms with Gasteiger partial charge in [-0.05, 0) is 44.4 Å². The Bertz CT molecular complexity index is 501. The summed E-state index contributed by atoms with van der Waals surface area (Å²) in [7, 11) is 1.77. The van der Waals surface area contributed by atoms with Crippen molar-refractivity contribution in [2.75, 3.05) is 26.7 Å². The van der Waals surface area contributed by atoms with Crippen LogP contribution in [0.4, 0.5) is 8.78 Å². The van der Waals surface area contributed by atoms with Gasteiger partial charge in [-0.25, -0.2) is 8.78 Å². The molecule has 6 heteroatoms. The average Bonchev–Trinajstić information content (AvgIpc) is 3.26. The van der Waals surface area contributed by atoms with Gasteiger partial charge in [0.25, 0.3) is 0 Å². The predicted octanol–water partition coefficient (Wildman–Crippen LogP) is 1.33. The molecule has 1 aromatic carbocycles. The SMILES string of the molecule is CN(CC(=O)NCCc1c(F)cccc1F)CC(O)C1CC1. The molecule has 0 heterocycles. The van der Waals surface area contributed by atoms with Crippen molar-refractivity contribution < 1.29 is 18.7 Å². The molecule has 4 nitrogen and oxygen atoms in total. The van der Waals surface area contributed by atoms with Crippen LogP contribution in [-0.4, -0.2) is 48.7 Å². The van der Waals surface area contributed by atoms with Crippen LogP contribution in [0.2, 0.25) is 0 Å². The van der Waals surface area contributed by atoms with Gasteiger partial charge in [-0.15, -0.1) is 0 Å². The number of hydrogen-bond donors (Lipinski definition) is 2. The fraction of sp³-hybridized carbons (Fsp3) is 0.562. The van der Waals surface area contributed by atoms with E-state index < -0.39 is 11.6 Å². The molecule has 0 spiro atoms. The average molecular weight is 312 g/mol. The van der Waals surface area contributed by atoms with Crippen molar-refractivity contribution in [3.63, 3.8) is 0 Å². The molecule has 0 aromatic heterocycles. The molecule has 1 aromatic rings. The van der Waals surface area contributed by atoms with E-state index >= 15 is 0 Å². The minimum Gasteiger partial charge on any atom is -0.392 e. The maximum Gasteiger partial charge on any atom is 0.234 e. The molecule has 1 fully saturated rings. The fourth-order valence-electron chi connectivity index (χ4n) is 2.41. The third kappa shape index (κ3) is 5.03. The van der Waals surface area contributed by atoms with Crippen LogP contribution in [0.15, 0.2) is 18.2 Å². The maximum absolute atomic E-state index is 13.4. The lowest BCUT2D eigenvalue weighted by atomic mass is 10.1. The topological polar surface area (TPSA) is 52.6 Å². The van der Waals surface area contributed by atoms with Crippen LogP contribution >= 0.6 is 0 Å². The number of nitrogens with one attached hydrogen (secondary N) is 1. The molecule has 0 radical (unpaired) electrons. The molecule has 2 N–H and O–H groups in total. The lowest BCUT2D eigenvalue weighted by Gasteiger charge is -2.19. The van der Waals surface area contributed by atoms with E-state index in [1.165, 1.54) is 18.2 Å². The van der Waals surface area contributed by atoms with Crippen LogP contribution in [0.5, 0.6) is 0 Å². The summed E-state index contributed by atoms with van der Waals surface area (Å²) >= 11 is 0. The molecule has 0 bridgehead atoms. The monoisotopic (exact) mass is 312 g/mol. The Morgan fingerprint density at radius 2 is 2.05 bits per heavy atom. The standard InChI is InChI=1S/C16H22F2N2O2/c1-20(9-15(21)11-5-6-11)10-16(22)19-8-7-12-13(17)3-2-4-14(12)18/h2-4,11,15,21H,5-10H2,1H3,(H,19,22). The Balaban J connectivity index is 1.69. The van der Waals surface area contributed by atoms with Crippen molar-refractivity contribution in [2.45, 2.75) is 25.4 Å². The molecule has 1 unspecified atom stereocenters. The largest absolute Gasteiger partial charge is 0.392 e. The highest BCUT2D eigenvalue weighted by Crippen LogP contribution is 2.32. The number of rotatable bonds is 8.